The highest BCUT2D eigenvalue weighted by Crippen LogP contribution is 2.37. The molecule has 1 aromatic carbocycles. The highest BCUT2D eigenvalue weighted by atomic mass is 16.1. The summed E-state index contributed by atoms with van der Waals surface area (Å²) in [7, 11) is 0. The molecule has 3 heteroatoms. The Hall–Kier alpha value is -1.87. The fraction of sp³-hybridized carbons (Fsp3) is 0.353. The molecule has 0 atom stereocenters. The Morgan fingerprint density at radius 1 is 1.10 bits per heavy atom. The Kier molecular flexibility index (Phi) is 3.02. The molecule has 1 aliphatic rings. The van der Waals surface area contributed by atoms with Crippen molar-refractivity contribution < 1.29 is 0 Å². The van der Waals surface area contributed by atoms with Crippen molar-refractivity contribution in [2.75, 3.05) is 0 Å². The van der Waals surface area contributed by atoms with Gasteiger partial charge in [0.15, 0.2) is 0 Å². The summed E-state index contributed by atoms with van der Waals surface area (Å²) in [6.45, 7) is 3.76. The van der Waals surface area contributed by atoms with Crippen LogP contribution in [-0.2, 0) is 5.54 Å². The molecule has 0 unspecified atom stereocenters. The molecule has 0 aliphatic heterocycles. The third-order valence-electron chi connectivity index (χ3n) is 3.79. The second-order valence-electron chi connectivity index (χ2n) is 6.13. The smallest absolute Gasteiger partial charge is 0.256 e. The minimum absolute atomic E-state index is 0.0568. The van der Waals surface area contributed by atoms with E-state index >= 15 is 0 Å². The number of nitrogens with zero attached hydrogens (tertiary/aromatic N) is 1. The van der Waals surface area contributed by atoms with Crippen molar-refractivity contribution in [3.63, 3.8) is 0 Å². The van der Waals surface area contributed by atoms with Crippen LogP contribution in [-0.4, -0.2) is 4.57 Å². The lowest BCUT2D eigenvalue weighted by atomic mass is 9.96. The molecule has 104 valence electrons. The van der Waals surface area contributed by atoms with E-state index in [0.29, 0.717) is 11.6 Å². The summed E-state index contributed by atoms with van der Waals surface area (Å²) in [6, 6.07) is 14.3. The normalized spacial score (nSPS) is 15.3. The fourth-order valence-electron chi connectivity index (χ4n) is 2.58. The van der Waals surface area contributed by atoms with Crippen LogP contribution in [0.1, 0.15) is 38.3 Å². The van der Waals surface area contributed by atoms with Gasteiger partial charge in [0.2, 0.25) is 0 Å². The molecule has 1 fully saturated rings. The van der Waals surface area contributed by atoms with Gasteiger partial charge in [-0.05, 0) is 44.4 Å². The van der Waals surface area contributed by atoms with E-state index in [9.17, 15) is 4.79 Å². The van der Waals surface area contributed by atoms with Crippen LogP contribution in [0.4, 0.5) is 0 Å². The van der Waals surface area contributed by atoms with Gasteiger partial charge in [-0.3, -0.25) is 4.79 Å². The van der Waals surface area contributed by atoms with E-state index in [4.69, 9.17) is 5.73 Å². The summed E-state index contributed by atoms with van der Waals surface area (Å²) < 4.78 is 1.93. The van der Waals surface area contributed by atoms with Crippen molar-refractivity contribution in [3.05, 3.63) is 58.4 Å². The predicted molar refractivity (Wildman–Crippen MR) is 81.6 cm³/mol. The van der Waals surface area contributed by atoms with Crippen LogP contribution in [0, 0.1) is 0 Å². The Morgan fingerprint density at radius 3 is 2.30 bits per heavy atom. The van der Waals surface area contributed by atoms with Gasteiger partial charge < -0.3 is 10.3 Å². The van der Waals surface area contributed by atoms with Crippen LogP contribution in [0.3, 0.4) is 0 Å². The zero-order valence-corrected chi connectivity index (χ0v) is 12.0. The molecular formula is C17H20N2O. The van der Waals surface area contributed by atoms with Gasteiger partial charge in [0.25, 0.3) is 5.56 Å². The van der Waals surface area contributed by atoms with Crippen LogP contribution >= 0.6 is 0 Å². The summed E-state index contributed by atoms with van der Waals surface area (Å²) in [5.41, 5.74) is 8.33. The number of nitrogens with two attached hydrogens (primary N) is 1. The van der Waals surface area contributed by atoms with Crippen LogP contribution in [0.5, 0.6) is 0 Å². The molecule has 0 spiro atoms. The number of hydrogen-bond acceptors (Lipinski definition) is 2. The van der Waals surface area contributed by atoms with E-state index in [1.807, 2.05) is 60.9 Å². The summed E-state index contributed by atoms with van der Waals surface area (Å²) in [6.07, 6.45) is 2.16. The molecule has 1 saturated carbocycles. The maximum atomic E-state index is 12.8. The van der Waals surface area contributed by atoms with Gasteiger partial charge >= 0.3 is 0 Å². The van der Waals surface area contributed by atoms with Gasteiger partial charge in [0.05, 0.1) is 5.69 Å². The lowest BCUT2D eigenvalue weighted by Crippen LogP contribution is -2.38. The maximum absolute atomic E-state index is 12.8. The molecule has 3 rings (SSSR count). The molecule has 3 nitrogen and oxygen atoms in total. The van der Waals surface area contributed by atoms with E-state index in [1.54, 1.807) is 0 Å². The molecule has 2 aromatic rings. The van der Waals surface area contributed by atoms with Gasteiger partial charge in [-0.2, -0.15) is 0 Å². The standard InChI is InChI=1S/C17H20N2O/c1-17(2,18)14-10-11-15(12-6-4-3-5-7-12)19(16(14)20)13-8-9-13/h3-7,10-11,13H,8-9,18H2,1-2H3. The SMILES string of the molecule is CC(C)(N)c1ccc(-c2ccccc2)n(C2CC2)c1=O. The van der Waals surface area contributed by atoms with Crippen molar-refractivity contribution in [3.8, 4) is 11.3 Å². The molecule has 1 aliphatic carbocycles. The molecule has 0 saturated heterocycles. The lowest BCUT2D eigenvalue weighted by molar-refractivity contribution is 0.535. The van der Waals surface area contributed by atoms with Gasteiger partial charge in [0, 0.05) is 17.1 Å². The predicted octanol–water partition coefficient (Wildman–Crippen LogP) is 3.04. The average Bonchev–Trinajstić information content (AvgIpc) is 3.22. The Labute approximate surface area is 119 Å². The summed E-state index contributed by atoms with van der Waals surface area (Å²) in [4.78, 5) is 12.8. The van der Waals surface area contributed by atoms with Crippen molar-refractivity contribution >= 4 is 0 Å². The Morgan fingerprint density at radius 2 is 1.75 bits per heavy atom. The number of pyridine rings is 1. The van der Waals surface area contributed by atoms with Crippen LogP contribution in [0.25, 0.3) is 11.3 Å². The van der Waals surface area contributed by atoms with Crippen LogP contribution in [0.2, 0.25) is 0 Å². The maximum Gasteiger partial charge on any atom is 0.256 e. The van der Waals surface area contributed by atoms with Crippen molar-refractivity contribution in [1.29, 1.82) is 0 Å². The largest absolute Gasteiger partial charge is 0.322 e. The van der Waals surface area contributed by atoms with Crippen LogP contribution < -0.4 is 11.3 Å². The zero-order chi connectivity index (χ0) is 14.3. The number of rotatable bonds is 3. The molecular weight excluding hydrogens is 248 g/mol. The van der Waals surface area contributed by atoms with E-state index in [0.717, 1.165) is 24.1 Å². The second kappa shape index (κ2) is 4.60. The van der Waals surface area contributed by atoms with Gasteiger partial charge in [-0.25, -0.2) is 0 Å². The zero-order valence-electron chi connectivity index (χ0n) is 12.0. The van der Waals surface area contributed by atoms with Gasteiger partial charge in [-0.15, -0.1) is 0 Å². The van der Waals surface area contributed by atoms with Crippen molar-refractivity contribution in [2.45, 2.75) is 38.3 Å². The highest BCUT2D eigenvalue weighted by molar-refractivity contribution is 5.60. The average molecular weight is 268 g/mol. The summed E-state index contributed by atoms with van der Waals surface area (Å²) >= 11 is 0. The topological polar surface area (TPSA) is 48.0 Å². The molecule has 20 heavy (non-hydrogen) atoms. The summed E-state index contributed by atoms with van der Waals surface area (Å²) in [5, 5.41) is 0. The van der Waals surface area contributed by atoms with Gasteiger partial charge in [0.1, 0.15) is 0 Å². The first kappa shape index (κ1) is 13.1. The quantitative estimate of drug-likeness (QED) is 0.930. The first-order valence-corrected chi connectivity index (χ1v) is 7.09. The number of aromatic nitrogens is 1. The fourth-order valence-corrected chi connectivity index (χ4v) is 2.58. The second-order valence-corrected chi connectivity index (χ2v) is 6.13. The van der Waals surface area contributed by atoms with Crippen molar-refractivity contribution in [2.24, 2.45) is 5.73 Å². The molecule has 0 bridgehead atoms. The first-order chi connectivity index (χ1) is 9.48. The number of hydrogen-bond donors (Lipinski definition) is 1. The van der Waals surface area contributed by atoms with E-state index in [1.165, 1.54) is 0 Å². The third kappa shape index (κ3) is 2.29. The van der Waals surface area contributed by atoms with E-state index in [2.05, 4.69) is 0 Å². The van der Waals surface area contributed by atoms with Crippen LogP contribution in [0.15, 0.2) is 47.3 Å². The molecule has 1 aromatic heterocycles. The lowest BCUT2D eigenvalue weighted by Gasteiger charge is -2.21. The molecule has 2 N–H and O–H groups in total. The highest BCUT2D eigenvalue weighted by Gasteiger charge is 2.30. The number of benzene rings is 1. The van der Waals surface area contributed by atoms with E-state index in [-0.39, 0.29) is 5.56 Å². The van der Waals surface area contributed by atoms with E-state index < -0.39 is 5.54 Å². The molecule has 1 heterocycles. The van der Waals surface area contributed by atoms with Gasteiger partial charge in [-0.1, -0.05) is 30.3 Å². The Balaban J connectivity index is 2.23. The summed E-state index contributed by atoms with van der Waals surface area (Å²) in [5.74, 6) is 0. The Bertz CT molecular complexity index is 676. The monoisotopic (exact) mass is 268 g/mol. The third-order valence-corrected chi connectivity index (χ3v) is 3.79. The first-order valence-electron chi connectivity index (χ1n) is 7.09. The minimum atomic E-state index is -0.608. The molecule has 0 amide bonds. The van der Waals surface area contributed by atoms with Crippen molar-refractivity contribution in [1.82, 2.24) is 4.57 Å². The molecule has 0 radical (unpaired) electrons. The minimum Gasteiger partial charge on any atom is -0.322 e.